The van der Waals surface area contributed by atoms with Crippen LogP contribution in [0.5, 0.6) is 5.75 Å². The second-order valence-corrected chi connectivity index (χ2v) is 8.11. The number of benzene rings is 2. The molecule has 4 rings (SSSR count). The third-order valence-electron chi connectivity index (χ3n) is 5.67. The molecule has 2 heterocycles. The monoisotopic (exact) mass is 472 g/mol. The number of carbonyl (C=O) groups is 2. The molecule has 7 heteroatoms. The van der Waals surface area contributed by atoms with E-state index in [1.54, 1.807) is 33.9 Å². The molecule has 0 fully saturated rings. The Bertz CT molecular complexity index is 1330. The van der Waals surface area contributed by atoms with Crippen LogP contribution in [0.25, 0.3) is 11.1 Å². The van der Waals surface area contributed by atoms with Crippen LogP contribution in [0.1, 0.15) is 44.9 Å². The summed E-state index contributed by atoms with van der Waals surface area (Å²) in [5, 5.41) is 2.97. The molecule has 0 unspecified atom stereocenters. The van der Waals surface area contributed by atoms with Gasteiger partial charge in [-0.15, -0.1) is 0 Å². The molecule has 1 N–H and O–H groups in total. The maximum Gasteiger partial charge on any atom is 0.357 e. The number of ether oxygens (including phenoxy) is 2. The fourth-order valence-electron chi connectivity index (χ4n) is 4.03. The highest BCUT2D eigenvalue weighted by Crippen LogP contribution is 2.36. The molecule has 7 nitrogen and oxygen atoms in total. The normalized spacial score (nSPS) is 10.7. The van der Waals surface area contributed by atoms with E-state index in [-0.39, 0.29) is 18.2 Å². The van der Waals surface area contributed by atoms with Crippen molar-refractivity contribution in [3.05, 3.63) is 95.2 Å². The lowest BCUT2D eigenvalue weighted by Crippen LogP contribution is -2.18. The zero-order chi connectivity index (χ0) is 24.9. The largest absolute Gasteiger partial charge is 0.497 e. The van der Waals surface area contributed by atoms with E-state index in [2.05, 4.69) is 5.32 Å². The summed E-state index contributed by atoms with van der Waals surface area (Å²) >= 11 is 0. The van der Waals surface area contributed by atoms with Crippen LogP contribution >= 0.6 is 0 Å². The third kappa shape index (κ3) is 5.14. The summed E-state index contributed by atoms with van der Waals surface area (Å²) in [5.41, 5.74) is 3.58. The number of furan rings is 1. The predicted molar refractivity (Wildman–Crippen MR) is 134 cm³/mol. The van der Waals surface area contributed by atoms with Crippen LogP contribution in [-0.2, 0) is 11.3 Å². The van der Waals surface area contributed by atoms with Gasteiger partial charge in [0.15, 0.2) is 5.69 Å². The van der Waals surface area contributed by atoms with Crippen molar-refractivity contribution < 1.29 is 23.5 Å². The summed E-state index contributed by atoms with van der Waals surface area (Å²) in [6, 6.07) is 18.9. The molecule has 35 heavy (non-hydrogen) atoms. The van der Waals surface area contributed by atoms with E-state index >= 15 is 0 Å². The van der Waals surface area contributed by atoms with Crippen molar-refractivity contribution >= 4 is 17.6 Å². The number of nitrogens with one attached hydrogen (secondary N) is 1. The van der Waals surface area contributed by atoms with Gasteiger partial charge < -0.3 is 23.8 Å². The first-order chi connectivity index (χ1) is 16.9. The Morgan fingerprint density at radius 3 is 2.34 bits per heavy atom. The number of carbonyl (C=O) groups excluding carboxylic acids is 2. The molecule has 0 aliphatic rings. The maximum atomic E-state index is 13.3. The fourth-order valence-corrected chi connectivity index (χ4v) is 4.03. The standard InChI is InChI=1S/C28H28N2O5/c1-5-34-28(32)26-25(29-27(31)23-15-18(2)35-19(23)3)24(21-11-13-22(33-4)14-12-21)17-30(26)16-20-9-7-6-8-10-20/h6-15,17H,5,16H2,1-4H3,(H,29,31). The number of hydrogen-bond donors (Lipinski definition) is 1. The summed E-state index contributed by atoms with van der Waals surface area (Å²) in [4.78, 5) is 26.5. The van der Waals surface area contributed by atoms with Crippen molar-refractivity contribution in [2.24, 2.45) is 0 Å². The molecule has 0 saturated carbocycles. The van der Waals surface area contributed by atoms with Crippen LogP contribution < -0.4 is 10.1 Å². The maximum absolute atomic E-state index is 13.3. The molecule has 0 aliphatic heterocycles. The lowest BCUT2D eigenvalue weighted by atomic mass is 10.1. The Hall–Kier alpha value is -4.26. The van der Waals surface area contributed by atoms with E-state index in [0.29, 0.717) is 40.6 Å². The summed E-state index contributed by atoms with van der Waals surface area (Å²) < 4.78 is 18.0. The Morgan fingerprint density at radius 2 is 1.74 bits per heavy atom. The molecule has 0 radical (unpaired) electrons. The van der Waals surface area contributed by atoms with Gasteiger partial charge in [0.25, 0.3) is 5.91 Å². The second kappa shape index (κ2) is 10.3. The number of aromatic nitrogens is 1. The molecule has 0 atom stereocenters. The molecule has 2 aromatic heterocycles. The third-order valence-corrected chi connectivity index (χ3v) is 5.67. The van der Waals surface area contributed by atoms with E-state index in [0.717, 1.165) is 11.1 Å². The topological polar surface area (TPSA) is 82.7 Å². The second-order valence-electron chi connectivity index (χ2n) is 8.11. The number of aryl methyl sites for hydroxylation is 2. The van der Waals surface area contributed by atoms with E-state index in [4.69, 9.17) is 13.9 Å². The van der Waals surface area contributed by atoms with Gasteiger partial charge in [-0.25, -0.2) is 4.79 Å². The van der Waals surface area contributed by atoms with Gasteiger partial charge in [0.1, 0.15) is 17.3 Å². The van der Waals surface area contributed by atoms with Crippen LogP contribution in [0.4, 0.5) is 5.69 Å². The van der Waals surface area contributed by atoms with Crippen LogP contribution in [0, 0.1) is 13.8 Å². The minimum Gasteiger partial charge on any atom is -0.497 e. The van der Waals surface area contributed by atoms with Gasteiger partial charge in [-0.05, 0) is 50.1 Å². The molecular formula is C28H28N2O5. The molecule has 2 aromatic carbocycles. The Labute approximate surface area is 204 Å². The molecule has 0 aliphatic carbocycles. The summed E-state index contributed by atoms with van der Waals surface area (Å²) in [5.74, 6) is 0.969. The lowest BCUT2D eigenvalue weighted by molar-refractivity contribution is 0.0515. The Morgan fingerprint density at radius 1 is 1.03 bits per heavy atom. The van der Waals surface area contributed by atoms with Gasteiger partial charge >= 0.3 is 5.97 Å². The number of esters is 1. The van der Waals surface area contributed by atoms with Crippen LogP contribution in [0.15, 0.2) is 71.3 Å². The smallest absolute Gasteiger partial charge is 0.357 e. The number of hydrogen-bond acceptors (Lipinski definition) is 5. The van der Waals surface area contributed by atoms with Crippen LogP contribution in [-0.4, -0.2) is 30.2 Å². The van der Waals surface area contributed by atoms with E-state index in [1.165, 1.54) is 0 Å². The zero-order valence-corrected chi connectivity index (χ0v) is 20.3. The van der Waals surface area contributed by atoms with Gasteiger partial charge in [0.2, 0.25) is 0 Å². The van der Waals surface area contributed by atoms with Crippen molar-refractivity contribution in [2.45, 2.75) is 27.3 Å². The van der Waals surface area contributed by atoms with Gasteiger partial charge in [0, 0.05) is 18.3 Å². The highest BCUT2D eigenvalue weighted by molar-refractivity contribution is 6.11. The number of methoxy groups -OCH3 is 1. The molecule has 4 aromatic rings. The first kappa shape index (κ1) is 23.9. The summed E-state index contributed by atoms with van der Waals surface area (Å²) in [7, 11) is 1.60. The predicted octanol–water partition coefficient (Wildman–Crippen LogP) is 5.85. The van der Waals surface area contributed by atoms with Crippen LogP contribution in [0.2, 0.25) is 0 Å². The number of rotatable bonds is 8. The minimum absolute atomic E-state index is 0.209. The molecule has 0 saturated heterocycles. The summed E-state index contributed by atoms with van der Waals surface area (Å²) in [6.45, 7) is 5.91. The Balaban J connectivity index is 1.86. The van der Waals surface area contributed by atoms with Crippen molar-refractivity contribution in [3.8, 4) is 16.9 Å². The molecule has 0 spiro atoms. The van der Waals surface area contributed by atoms with Crippen molar-refractivity contribution in [1.82, 2.24) is 4.57 Å². The fraction of sp³-hybridized carbons (Fsp3) is 0.214. The van der Waals surface area contributed by atoms with E-state index < -0.39 is 5.97 Å². The van der Waals surface area contributed by atoms with Gasteiger partial charge in [-0.3, -0.25) is 4.79 Å². The minimum atomic E-state index is -0.515. The first-order valence-corrected chi connectivity index (χ1v) is 11.4. The van der Waals surface area contributed by atoms with E-state index in [1.807, 2.05) is 65.4 Å². The molecular weight excluding hydrogens is 444 g/mol. The number of anilines is 1. The van der Waals surface area contributed by atoms with E-state index in [9.17, 15) is 9.59 Å². The molecule has 180 valence electrons. The number of amides is 1. The SMILES string of the molecule is CCOC(=O)c1c(NC(=O)c2cc(C)oc2C)c(-c2ccc(OC)cc2)cn1Cc1ccccc1. The molecule has 0 bridgehead atoms. The summed E-state index contributed by atoms with van der Waals surface area (Å²) in [6.07, 6.45) is 1.87. The van der Waals surface area contributed by atoms with Gasteiger partial charge in [0.05, 0.1) is 25.0 Å². The lowest BCUT2D eigenvalue weighted by Gasteiger charge is -2.12. The van der Waals surface area contributed by atoms with Crippen LogP contribution in [0.3, 0.4) is 0 Å². The average molecular weight is 473 g/mol. The van der Waals surface area contributed by atoms with Gasteiger partial charge in [-0.2, -0.15) is 0 Å². The first-order valence-electron chi connectivity index (χ1n) is 11.4. The highest BCUT2D eigenvalue weighted by Gasteiger charge is 2.27. The molecule has 1 amide bonds. The highest BCUT2D eigenvalue weighted by atomic mass is 16.5. The van der Waals surface area contributed by atoms with Crippen molar-refractivity contribution in [2.75, 3.05) is 19.0 Å². The van der Waals surface area contributed by atoms with Crippen molar-refractivity contribution in [3.63, 3.8) is 0 Å². The Kier molecular flexibility index (Phi) is 7.06. The quantitative estimate of drug-likeness (QED) is 0.325. The average Bonchev–Trinajstić information content (AvgIpc) is 3.38. The number of nitrogens with zero attached hydrogens (tertiary/aromatic N) is 1. The zero-order valence-electron chi connectivity index (χ0n) is 20.3. The van der Waals surface area contributed by atoms with Gasteiger partial charge in [-0.1, -0.05) is 42.5 Å². The van der Waals surface area contributed by atoms with Crippen molar-refractivity contribution in [1.29, 1.82) is 0 Å².